The first-order valence-electron chi connectivity index (χ1n) is 13.1. The second kappa shape index (κ2) is 11.0. The first kappa shape index (κ1) is 25.4. The number of hydrogen-bond acceptors (Lipinski definition) is 5. The van der Waals surface area contributed by atoms with E-state index in [1.54, 1.807) is 13.2 Å². The number of H-pyrrole nitrogens is 1. The van der Waals surface area contributed by atoms with Crippen LogP contribution in [0.5, 0.6) is 0 Å². The van der Waals surface area contributed by atoms with Crippen LogP contribution in [-0.2, 0) is 28.8 Å². The molecule has 2 aromatic heterocycles. The van der Waals surface area contributed by atoms with Gasteiger partial charge in [0.2, 0.25) is 5.91 Å². The number of aryl methyl sites for hydroxylation is 3. The number of para-hydroxylation sites is 1. The number of amides is 2. The molecular weight excluding hydrogens is 478 g/mol. The number of carbonyl (C=O) groups excluding carboxylic acids is 2. The summed E-state index contributed by atoms with van der Waals surface area (Å²) in [5, 5.41) is 2.94. The highest BCUT2D eigenvalue weighted by atomic mass is 16.5. The zero-order valence-corrected chi connectivity index (χ0v) is 22.1. The predicted molar refractivity (Wildman–Crippen MR) is 149 cm³/mol. The molecule has 0 saturated carbocycles. The summed E-state index contributed by atoms with van der Waals surface area (Å²) in [6.07, 6.45) is 5.98. The number of aromatic amines is 1. The van der Waals surface area contributed by atoms with Crippen LogP contribution in [0.4, 0.5) is 16.3 Å². The smallest absolute Gasteiger partial charge is 0.413 e. The van der Waals surface area contributed by atoms with Crippen LogP contribution in [0.15, 0.2) is 54.7 Å². The number of ether oxygens (including phenoxy) is 1. The number of nitrogens with zero attached hydrogens (tertiary/aromatic N) is 3. The molecule has 38 heavy (non-hydrogen) atoms. The molecular formula is C30H33N5O3. The molecule has 1 aliphatic heterocycles. The molecule has 4 aromatic rings. The fraction of sp³-hybridized carbons (Fsp3) is 0.333. The van der Waals surface area contributed by atoms with Gasteiger partial charge in [0.05, 0.1) is 18.1 Å². The van der Waals surface area contributed by atoms with Crippen molar-refractivity contribution in [3.05, 3.63) is 82.8 Å². The standard InChI is InChI=1S/C30H33N5O3/c1-19-16-24-25(18-22(19)17-21-13-14-28(36)34-29-23(21)10-7-15-31-29)33-27(32-24)12-6-9-20-8-4-5-11-26(20)35(2)30(37)38-3/h4-5,7-8,10-11,15-16,18,21H,6,9,12-14,17H2,1-3H3,(H,32,33)(H,31,34,36). The lowest BCUT2D eigenvalue weighted by Crippen LogP contribution is -2.26. The lowest BCUT2D eigenvalue weighted by molar-refractivity contribution is -0.116. The van der Waals surface area contributed by atoms with Crippen LogP contribution in [-0.4, -0.2) is 41.1 Å². The summed E-state index contributed by atoms with van der Waals surface area (Å²) in [7, 11) is 3.11. The van der Waals surface area contributed by atoms with Gasteiger partial charge in [0.25, 0.3) is 0 Å². The molecule has 1 unspecified atom stereocenters. The first-order chi connectivity index (χ1) is 18.4. The van der Waals surface area contributed by atoms with Crippen molar-refractivity contribution < 1.29 is 14.3 Å². The van der Waals surface area contributed by atoms with E-state index in [-0.39, 0.29) is 17.9 Å². The number of nitrogens with one attached hydrogen (secondary N) is 2. The average molecular weight is 512 g/mol. The number of methoxy groups -OCH3 is 1. The molecule has 2 amide bonds. The largest absolute Gasteiger partial charge is 0.452 e. The fourth-order valence-electron chi connectivity index (χ4n) is 5.31. The number of carbonyl (C=O) groups is 2. The molecule has 0 saturated heterocycles. The van der Waals surface area contributed by atoms with Crippen molar-refractivity contribution in [3.63, 3.8) is 0 Å². The summed E-state index contributed by atoms with van der Waals surface area (Å²) >= 11 is 0. The van der Waals surface area contributed by atoms with Gasteiger partial charge in [0, 0.05) is 31.8 Å². The molecule has 8 heteroatoms. The summed E-state index contributed by atoms with van der Waals surface area (Å²) in [6.45, 7) is 2.13. The Balaban J connectivity index is 1.30. The summed E-state index contributed by atoms with van der Waals surface area (Å²) in [4.78, 5) is 38.5. The Morgan fingerprint density at radius 2 is 1.97 bits per heavy atom. The zero-order valence-electron chi connectivity index (χ0n) is 22.1. The van der Waals surface area contributed by atoms with E-state index in [9.17, 15) is 9.59 Å². The molecule has 0 fully saturated rings. The van der Waals surface area contributed by atoms with Crippen molar-refractivity contribution in [3.8, 4) is 0 Å². The predicted octanol–water partition coefficient (Wildman–Crippen LogP) is 5.70. The van der Waals surface area contributed by atoms with Crippen LogP contribution in [0.2, 0.25) is 0 Å². The number of pyridine rings is 1. The van der Waals surface area contributed by atoms with Gasteiger partial charge < -0.3 is 15.0 Å². The van der Waals surface area contributed by atoms with Crippen molar-refractivity contribution in [1.82, 2.24) is 15.0 Å². The summed E-state index contributed by atoms with van der Waals surface area (Å²) in [5.74, 6) is 1.88. The van der Waals surface area contributed by atoms with E-state index in [1.165, 1.54) is 23.1 Å². The molecule has 2 N–H and O–H groups in total. The van der Waals surface area contributed by atoms with Gasteiger partial charge in [-0.15, -0.1) is 0 Å². The van der Waals surface area contributed by atoms with Gasteiger partial charge in [0.1, 0.15) is 11.6 Å². The Morgan fingerprint density at radius 1 is 1.13 bits per heavy atom. The maximum absolute atomic E-state index is 12.2. The molecule has 3 heterocycles. The molecule has 1 aliphatic rings. The number of benzene rings is 2. The zero-order chi connectivity index (χ0) is 26.6. The van der Waals surface area contributed by atoms with Gasteiger partial charge in [0.15, 0.2) is 0 Å². The van der Waals surface area contributed by atoms with Gasteiger partial charge in [-0.1, -0.05) is 24.3 Å². The first-order valence-corrected chi connectivity index (χ1v) is 13.1. The molecule has 0 radical (unpaired) electrons. The molecule has 8 nitrogen and oxygen atoms in total. The molecule has 196 valence electrons. The number of hydrogen-bond donors (Lipinski definition) is 2. The van der Waals surface area contributed by atoms with E-state index in [4.69, 9.17) is 9.72 Å². The van der Waals surface area contributed by atoms with Crippen molar-refractivity contribution >= 4 is 34.5 Å². The highest BCUT2D eigenvalue weighted by Crippen LogP contribution is 2.34. The van der Waals surface area contributed by atoms with Crippen LogP contribution in [0.1, 0.15) is 53.3 Å². The minimum atomic E-state index is -0.382. The minimum absolute atomic E-state index is 0.0242. The Labute approximate surface area is 222 Å². The number of fused-ring (bicyclic) bond motifs is 2. The van der Waals surface area contributed by atoms with Gasteiger partial charge in [-0.3, -0.25) is 9.69 Å². The quantitative estimate of drug-likeness (QED) is 0.331. The molecule has 0 bridgehead atoms. The van der Waals surface area contributed by atoms with Gasteiger partial charge in [-0.2, -0.15) is 0 Å². The van der Waals surface area contributed by atoms with Crippen LogP contribution >= 0.6 is 0 Å². The molecule has 0 spiro atoms. The second-order valence-corrected chi connectivity index (χ2v) is 9.92. The van der Waals surface area contributed by atoms with E-state index in [2.05, 4.69) is 40.4 Å². The third-order valence-corrected chi connectivity index (χ3v) is 7.37. The van der Waals surface area contributed by atoms with Crippen LogP contribution in [0.3, 0.4) is 0 Å². The monoisotopic (exact) mass is 511 g/mol. The van der Waals surface area contributed by atoms with Gasteiger partial charge >= 0.3 is 6.09 Å². The van der Waals surface area contributed by atoms with E-state index in [0.717, 1.165) is 65.8 Å². The van der Waals surface area contributed by atoms with Gasteiger partial charge in [-0.05, 0) is 85.0 Å². The van der Waals surface area contributed by atoms with Crippen molar-refractivity contribution in [2.24, 2.45) is 0 Å². The van der Waals surface area contributed by atoms with E-state index < -0.39 is 0 Å². The molecule has 2 aromatic carbocycles. The fourth-order valence-corrected chi connectivity index (χ4v) is 5.31. The molecule has 1 atom stereocenters. The van der Waals surface area contributed by atoms with Crippen LogP contribution in [0, 0.1) is 6.92 Å². The maximum atomic E-state index is 12.2. The van der Waals surface area contributed by atoms with Crippen LogP contribution in [0.25, 0.3) is 11.0 Å². The SMILES string of the molecule is COC(=O)N(C)c1ccccc1CCCc1nc2cc(CC3CCC(=O)Nc4ncccc43)c(C)cc2[nH]1. The summed E-state index contributed by atoms with van der Waals surface area (Å²) in [6, 6.07) is 16.3. The molecule has 0 aliphatic carbocycles. The number of rotatable bonds is 7. The number of imidazole rings is 1. The molecule has 5 rings (SSSR count). The summed E-state index contributed by atoms with van der Waals surface area (Å²) in [5.41, 5.74) is 7.49. The van der Waals surface area contributed by atoms with E-state index in [0.29, 0.717) is 12.2 Å². The Hall–Kier alpha value is -4.20. The Kier molecular flexibility index (Phi) is 7.40. The van der Waals surface area contributed by atoms with E-state index >= 15 is 0 Å². The number of anilines is 2. The summed E-state index contributed by atoms with van der Waals surface area (Å²) < 4.78 is 4.88. The third kappa shape index (κ3) is 5.39. The highest BCUT2D eigenvalue weighted by molar-refractivity contribution is 5.91. The Morgan fingerprint density at radius 3 is 2.82 bits per heavy atom. The normalized spacial score (nSPS) is 15.0. The van der Waals surface area contributed by atoms with Gasteiger partial charge in [-0.25, -0.2) is 14.8 Å². The lowest BCUT2D eigenvalue weighted by Gasteiger charge is -2.19. The van der Waals surface area contributed by atoms with Crippen molar-refractivity contribution in [2.75, 3.05) is 24.4 Å². The van der Waals surface area contributed by atoms with Crippen LogP contribution < -0.4 is 10.2 Å². The van der Waals surface area contributed by atoms with Crippen molar-refractivity contribution in [2.45, 2.75) is 51.4 Å². The third-order valence-electron chi connectivity index (χ3n) is 7.37. The van der Waals surface area contributed by atoms with E-state index in [1.807, 2.05) is 30.3 Å². The average Bonchev–Trinajstić information content (AvgIpc) is 3.24. The van der Waals surface area contributed by atoms with Crippen molar-refractivity contribution in [1.29, 1.82) is 0 Å². The highest BCUT2D eigenvalue weighted by Gasteiger charge is 2.24. The number of aromatic nitrogens is 3. The Bertz CT molecular complexity index is 1480. The minimum Gasteiger partial charge on any atom is -0.452 e. The lowest BCUT2D eigenvalue weighted by atomic mass is 9.87. The second-order valence-electron chi connectivity index (χ2n) is 9.92. The maximum Gasteiger partial charge on any atom is 0.413 e. The topological polar surface area (TPSA) is 100 Å².